The van der Waals surface area contributed by atoms with E-state index in [1.807, 2.05) is 17.9 Å². The monoisotopic (exact) mass is 322 g/mol. The fourth-order valence-corrected chi connectivity index (χ4v) is 4.93. The van der Waals surface area contributed by atoms with Crippen LogP contribution >= 0.6 is 0 Å². The van der Waals surface area contributed by atoms with Gasteiger partial charge in [0.2, 0.25) is 10.0 Å². The second-order valence-electron chi connectivity index (χ2n) is 6.10. The Hall–Kier alpha value is -1.56. The third kappa shape index (κ3) is 2.84. The van der Waals surface area contributed by atoms with E-state index in [1.165, 1.54) is 4.31 Å². The van der Waals surface area contributed by atoms with E-state index in [-0.39, 0.29) is 11.7 Å². The SMILES string of the molecule is Cc1cc(C(=O)N2CCCC2)ccc1N1CCCCS1(=O)=O. The summed E-state index contributed by atoms with van der Waals surface area (Å²) in [6.45, 7) is 4.04. The number of hydrogen-bond donors (Lipinski definition) is 0. The minimum absolute atomic E-state index is 0.0497. The van der Waals surface area contributed by atoms with Gasteiger partial charge in [0.25, 0.3) is 5.91 Å². The van der Waals surface area contributed by atoms with Crippen molar-refractivity contribution in [2.24, 2.45) is 0 Å². The van der Waals surface area contributed by atoms with Gasteiger partial charge in [0, 0.05) is 25.2 Å². The van der Waals surface area contributed by atoms with Crippen LogP contribution in [0.5, 0.6) is 0 Å². The third-order valence-corrected chi connectivity index (χ3v) is 6.31. The van der Waals surface area contributed by atoms with Crippen LogP contribution in [0.2, 0.25) is 0 Å². The van der Waals surface area contributed by atoms with E-state index in [0.717, 1.165) is 44.3 Å². The number of likely N-dealkylation sites (tertiary alicyclic amines) is 1. The van der Waals surface area contributed by atoms with Crippen LogP contribution in [0.3, 0.4) is 0 Å². The molecule has 1 aromatic rings. The number of nitrogens with zero attached hydrogens (tertiary/aromatic N) is 2. The zero-order chi connectivity index (χ0) is 15.7. The Bertz CT molecular complexity index is 679. The number of benzene rings is 1. The van der Waals surface area contributed by atoms with Crippen LogP contribution in [-0.2, 0) is 10.0 Å². The van der Waals surface area contributed by atoms with E-state index in [0.29, 0.717) is 17.8 Å². The Morgan fingerprint density at radius 2 is 1.73 bits per heavy atom. The summed E-state index contributed by atoms with van der Waals surface area (Å²) in [4.78, 5) is 14.3. The second kappa shape index (κ2) is 5.91. The summed E-state index contributed by atoms with van der Waals surface area (Å²) >= 11 is 0. The molecule has 2 fully saturated rings. The van der Waals surface area contributed by atoms with Crippen molar-refractivity contribution in [3.8, 4) is 0 Å². The molecule has 0 N–H and O–H groups in total. The van der Waals surface area contributed by atoms with Crippen LogP contribution < -0.4 is 4.31 Å². The molecule has 22 heavy (non-hydrogen) atoms. The normalized spacial score (nSPS) is 21.1. The fraction of sp³-hybridized carbons (Fsp3) is 0.562. The zero-order valence-electron chi connectivity index (χ0n) is 12.9. The Labute approximate surface area is 132 Å². The van der Waals surface area contributed by atoms with Crippen molar-refractivity contribution in [3.05, 3.63) is 29.3 Å². The van der Waals surface area contributed by atoms with Crippen molar-refractivity contribution < 1.29 is 13.2 Å². The van der Waals surface area contributed by atoms with Crippen molar-refractivity contribution in [2.45, 2.75) is 32.6 Å². The number of aryl methyl sites for hydroxylation is 1. The first-order valence-electron chi connectivity index (χ1n) is 7.89. The number of anilines is 1. The number of carbonyl (C=O) groups is 1. The van der Waals surface area contributed by atoms with Gasteiger partial charge < -0.3 is 4.90 Å². The highest BCUT2D eigenvalue weighted by Gasteiger charge is 2.27. The van der Waals surface area contributed by atoms with E-state index in [4.69, 9.17) is 0 Å². The number of carbonyl (C=O) groups excluding carboxylic acids is 1. The van der Waals surface area contributed by atoms with E-state index in [1.54, 1.807) is 12.1 Å². The molecular formula is C16H22N2O3S. The van der Waals surface area contributed by atoms with Crippen molar-refractivity contribution >= 4 is 21.6 Å². The maximum atomic E-state index is 12.4. The molecule has 0 unspecified atom stereocenters. The molecule has 1 aromatic carbocycles. The highest BCUT2D eigenvalue weighted by Crippen LogP contribution is 2.28. The molecule has 0 aromatic heterocycles. The van der Waals surface area contributed by atoms with E-state index >= 15 is 0 Å². The molecule has 2 heterocycles. The first-order valence-corrected chi connectivity index (χ1v) is 9.50. The summed E-state index contributed by atoms with van der Waals surface area (Å²) in [6, 6.07) is 5.36. The lowest BCUT2D eigenvalue weighted by atomic mass is 10.1. The summed E-state index contributed by atoms with van der Waals surface area (Å²) in [7, 11) is -3.21. The summed E-state index contributed by atoms with van der Waals surface area (Å²) < 4.78 is 25.9. The predicted octanol–water partition coefficient (Wildman–Crippen LogP) is 2.16. The summed E-state index contributed by atoms with van der Waals surface area (Å²) in [5.41, 5.74) is 2.20. The second-order valence-corrected chi connectivity index (χ2v) is 8.11. The standard InChI is InChI=1S/C16H22N2O3S/c1-13-12-14(16(19)17-8-2-3-9-17)6-7-15(13)18-10-4-5-11-22(18,20)21/h6-7,12H,2-5,8-11H2,1H3. The molecule has 0 bridgehead atoms. The van der Waals surface area contributed by atoms with E-state index in [9.17, 15) is 13.2 Å². The molecular weight excluding hydrogens is 300 g/mol. The Balaban J connectivity index is 1.87. The number of sulfonamides is 1. The van der Waals surface area contributed by atoms with Crippen LogP contribution in [0.4, 0.5) is 5.69 Å². The van der Waals surface area contributed by atoms with E-state index < -0.39 is 10.0 Å². The summed E-state index contributed by atoms with van der Waals surface area (Å²) in [5.74, 6) is 0.259. The van der Waals surface area contributed by atoms with Crippen LogP contribution in [0.1, 0.15) is 41.6 Å². The summed E-state index contributed by atoms with van der Waals surface area (Å²) in [5, 5.41) is 0. The lowest BCUT2D eigenvalue weighted by molar-refractivity contribution is 0.0793. The quantitative estimate of drug-likeness (QED) is 0.838. The van der Waals surface area contributed by atoms with Crippen molar-refractivity contribution in [1.29, 1.82) is 0 Å². The Kier molecular flexibility index (Phi) is 4.12. The molecule has 3 rings (SSSR count). The number of amides is 1. The first-order chi connectivity index (χ1) is 10.5. The molecule has 120 valence electrons. The molecule has 0 spiro atoms. The van der Waals surface area contributed by atoms with Gasteiger partial charge in [-0.25, -0.2) is 8.42 Å². The third-order valence-electron chi connectivity index (χ3n) is 4.45. The predicted molar refractivity (Wildman–Crippen MR) is 86.7 cm³/mol. The first kappa shape index (κ1) is 15.3. The van der Waals surface area contributed by atoms with Gasteiger partial charge in [-0.1, -0.05) is 0 Å². The van der Waals surface area contributed by atoms with Crippen LogP contribution in [-0.4, -0.2) is 44.6 Å². The average Bonchev–Trinajstić information content (AvgIpc) is 3.01. The van der Waals surface area contributed by atoms with Crippen LogP contribution in [0, 0.1) is 6.92 Å². The van der Waals surface area contributed by atoms with Gasteiger partial charge in [-0.2, -0.15) is 0 Å². The van der Waals surface area contributed by atoms with Crippen molar-refractivity contribution in [2.75, 3.05) is 29.7 Å². The minimum Gasteiger partial charge on any atom is -0.339 e. The van der Waals surface area contributed by atoms with Crippen molar-refractivity contribution in [1.82, 2.24) is 4.90 Å². The van der Waals surface area contributed by atoms with Gasteiger partial charge in [0.15, 0.2) is 0 Å². The molecule has 1 amide bonds. The maximum absolute atomic E-state index is 12.4. The van der Waals surface area contributed by atoms with Gasteiger partial charge in [-0.3, -0.25) is 9.10 Å². The molecule has 2 aliphatic heterocycles. The molecule has 2 aliphatic rings. The van der Waals surface area contributed by atoms with Gasteiger partial charge in [-0.15, -0.1) is 0 Å². The maximum Gasteiger partial charge on any atom is 0.253 e. The fourth-order valence-electron chi connectivity index (χ4n) is 3.23. The highest BCUT2D eigenvalue weighted by atomic mass is 32.2. The lowest BCUT2D eigenvalue weighted by Crippen LogP contribution is -2.38. The molecule has 0 aliphatic carbocycles. The Morgan fingerprint density at radius 1 is 1.05 bits per heavy atom. The highest BCUT2D eigenvalue weighted by molar-refractivity contribution is 7.92. The van der Waals surface area contributed by atoms with Gasteiger partial charge in [-0.05, 0) is 56.4 Å². The zero-order valence-corrected chi connectivity index (χ0v) is 13.7. The molecule has 6 heteroatoms. The molecule has 5 nitrogen and oxygen atoms in total. The smallest absolute Gasteiger partial charge is 0.253 e. The van der Waals surface area contributed by atoms with E-state index in [2.05, 4.69) is 0 Å². The van der Waals surface area contributed by atoms with Crippen LogP contribution in [0.15, 0.2) is 18.2 Å². The van der Waals surface area contributed by atoms with Gasteiger partial charge in [0.1, 0.15) is 0 Å². The van der Waals surface area contributed by atoms with Crippen molar-refractivity contribution in [3.63, 3.8) is 0 Å². The molecule has 0 saturated carbocycles. The molecule has 2 saturated heterocycles. The number of hydrogen-bond acceptors (Lipinski definition) is 3. The topological polar surface area (TPSA) is 57.7 Å². The molecule has 0 atom stereocenters. The van der Waals surface area contributed by atoms with Gasteiger partial charge in [0.05, 0.1) is 11.4 Å². The van der Waals surface area contributed by atoms with Gasteiger partial charge >= 0.3 is 0 Å². The average molecular weight is 322 g/mol. The largest absolute Gasteiger partial charge is 0.339 e. The minimum atomic E-state index is -3.21. The lowest BCUT2D eigenvalue weighted by Gasteiger charge is -2.29. The molecule has 0 radical (unpaired) electrons. The summed E-state index contributed by atoms with van der Waals surface area (Å²) in [6.07, 6.45) is 3.74. The Morgan fingerprint density at radius 3 is 2.36 bits per heavy atom. The van der Waals surface area contributed by atoms with Crippen LogP contribution in [0.25, 0.3) is 0 Å². The number of rotatable bonds is 2.